The Morgan fingerprint density at radius 1 is 0.210 bits per heavy atom. The maximum Gasteiger partial charge on any atom is 0.0784 e. The van der Waals surface area contributed by atoms with Crippen LogP contribution in [0.2, 0.25) is 0 Å². The number of halogens is 1. The van der Waals surface area contributed by atoms with Crippen molar-refractivity contribution < 1.29 is 26.5 Å². The van der Waals surface area contributed by atoms with Crippen LogP contribution in [0.1, 0.15) is 318 Å². The highest BCUT2D eigenvalue weighted by molar-refractivity contribution is 4.53. The highest BCUT2D eigenvalue weighted by Crippen LogP contribution is 2.18. The molecule has 0 rings (SSSR count). The Bertz CT molecular complexity index is 605. The van der Waals surface area contributed by atoms with E-state index in [2.05, 4.69) is 62.6 Å². The summed E-state index contributed by atoms with van der Waals surface area (Å²) in [6, 6.07) is 0. The minimum Gasteiger partial charge on any atom is -1.00 e. The number of quaternary nitrogens is 2. The molecule has 0 unspecified atom stereocenters. The van der Waals surface area contributed by atoms with E-state index in [9.17, 15) is 5.11 Å². The first-order valence-electron chi connectivity index (χ1n) is 29.0. The molecular formula is C58H125ClN2O. The van der Waals surface area contributed by atoms with Crippen LogP contribution in [0, 0.1) is 0 Å². The fraction of sp³-hybridized carbons (Fsp3) is 1.00. The van der Waals surface area contributed by atoms with Gasteiger partial charge in [0.1, 0.15) is 0 Å². The standard InChI is InChI=1S/2C25H54N.C8H17O.ClH/c2*1-5-8-11-14-17-20-23-26(4,24-21-18-15-12-9-6-2)25-22-19-16-13-10-7-3;1-2-3-4-5-6-7-8-9;/h2*5-25H2,1-4H3;2-8H2,1H3;1H/q2*+1;-1;/p-1. The molecule has 0 aromatic rings. The number of unbranched alkanes of at least 4 members (excludes halogenated alkanes) is 35. The lowest BCUT2D eigenvalue weighted by Gasteiger charge is -2.35. The third-order valence-electron chi connectivity index (χ3n) is 13.8. The normalized spacial score (nSPS) is 11.5. The van der Waals surface area contributed by atoms with Crippen molar-refractivity contribution in [3.05, 3.63) is 0 Å². The first kappa shape index (κ1) is 68.7. The molecule has 0 amide bonds. The second-order valence-electron chi connectivity index (χ2n) is 20.7. The minimum absolute atomic E-state index is 0. The molecule has 0 fully saturated rings. The SMILES string of the molecule is CCCCCCCC[N+](C)(CCCCCCCC)CCCCCCCC.CCCCCCCC[N+](C)(CCCCCCCC)CCCCCCCC.CCCCCCCC[O-].[Cl-]. The van der Waals surface area contributed by atoms with E-state index in [1.165, 1.54) is 305 Å². The van der Waals surface area contributed by atoms with Crippen molar-refractivity contribution in [1.82, 2.24) is 0 Å². The molecule has 380 valence electrons. The van der Waals surface area contributed by atoms with Crippen molar-refractivity contribution in [2.45, 2.75) is 318 Å². The van der Waals surface area contributed by atoms with E-state index in [-0.39, 0.29) is 19.0 Å². The summed E-state index contributed by atoms with van der Waals surface area (Å²) in [6.07, 6.45) is 58.9. The summed E-state index contributed by atoms with van der Waals surface area (Å²) in [5.41, 5.74) is 0. The van der Waals surface area contributed by atoms with E-state index in [1.807, 2.05) is 0 Å². The predicted octanol–water partition coefficient (Wildman–Crippen LogP) is 15.7. The van der Waals surface area contributed by atoms with Crippen LogP contribution in [0.4, 0.5) is 0 Å². The molecule has 0 saturated carbocycles. The summed E-state index contributed by atoms with van der Waals surface area (Å²) in [6.45, 7) is 24.8. The van der Waals surface area contributed by atoms with E-state index in [1.54, 1.807) is 0 Å². The Labute approximate surface area is 402 Å². The number of nitrogens with zero attached hydrogens (tertiary/aromatic N) is 2. The molecule has 0 heterocycles. The van der Waals surface area contributed by atoms with E-state index < -0.39 is 0 Å². The van der Waals surface area contributed by atoms with Crippen molar-refractivity contribution in [1.29, 1.82) is 0 Å². The van der Waals surface area contributed by atoms with Gasteiger partial charge in [-0.25, -0.2) is 0 Å². The number of hydrogen-bond donors (Lipinski definition) is 0. The van der Waals surface area contributed by atoms with Crippen LogP contribution < -0.4 is 17.5 Å². The van der Waals surface area contributed by atoms with Gasteiger partial charge in [-0.05, 0) is 77.0 Å². The lowest BCUT2D eigenvalue weighted by molar-refractivity contribution is -0.910. The van der Waals surface area contributed by atoms with Gasteiger partial charge in [-0.2, -0.15) is 0 Å². The molecule has 0 N–H and O–H groups in total. The fourth-order valence-electron chi connectivity index (χ4n) is 9.20. The lowest BCUT2D eigenvalue weighted by Crippen LogP contribution is -3.00. The molecule has 0 spiro atoms. The molecule has 0 aromatic carbocycles. The molecule has 0 aromatic heterocycles. The zero-order valence-corrected chi connectivity index (χ0v) is 46.1. The second kappa shape index (κ2) is 59.2. The molecule has 62 heavy (non-hydrogen) atoms. The van der Waals surface area contributed by atoms with Crippen LogP contribution in [0.15, 0.2) is 0 Å². The Kier molecular flexibility index (Phi) is 65.6. The summed E-state index contributed by atoms with van der Waals surface area (Å²) in [5, 5.41) is 9.96. The van der Waals surface area contributed by atoms with E-state index in [4.69, 9.17) is 0 Å². The molecule has 0 aliphatic carbocycles. The number of hydrogen-bond acceptors (Lipinski definition) is 1. The predicted molar refractivity (Wildman–Crippen MR) is 280 cm³/mol. The topological polar surface area (TPSA) is 23.1 Å². The average molecular weight is 902 g/mol. The zero-order chi connectivity index (χ0) is 45.6. The average Bonchev–Trinajstić information content (AvgIpc) is 3.26. The second-order valence-corrected chi connectivity index (χ2v) is 20.7. The smallest absolute Gasteiger partial charge is 0.0784 e. The van der Waals surface area contributed by atoms with Gasteiger partial charge in [0.2, 0.25) is 0 Å². The molecule has 3 nitrogen and oxygen atoms in total. The van der Waals surface area contributed by atoms with Gasteiger partial charge in [0.25, 0.3) is 0 Å². The van der Waals surface area contributed by atoms with Crippen LogP contribution in [0.3, 0.4) is 0 Å². The quantitative estimate of drug-likeness (QED) is 0.0441. The van der Waals surface area contributed by atoms with Crippen LogP contribution in [0.5, 0.6) is 0 Å². The molecule has 0 atom stereocenters. The maximum atomic E-state index is 9.96. The Hall–Kier alpha value is 0.170. The van der Waals surface area contributed by atoms with Crippen LogP contribution in [-0.2, 0) is 0 Å². The van der Waals surface area contributed by atoms with Gasteiger partial charge in [-0.15, -0.1) is 6.61 Å². The summed E-state index contributed by atoms with van der Waals surface area (Å²) in [7, 11) is 5.12. The summed E-state index contributed by atoms with van der Waals surface area (Å²) >= 11 is 0. The van der Waals surface area contributed by atoms with Gasteiger partial charge >= 0.3 is 0 Å². The summed E-state index contributed by atoms with van der Waals surface area (Å²) < 4.78 is 2.71. The van der Waals surface area contributed by atoms with Gasteiger partial charge in [0.05, 0.1) is 53.4 Å². The summed E-state index contributed by atoms with van der Waals surface area (Å²) in [5.74, 6) is 0. The van der Waals surface area contributed by atoms with Gasteiger partial charge < -0.3 is 26.5 Å². The number of rotatable bonds is 48. The van der Waals surface area contributed by atoms with E-state index in [0.29, 0.717) is 0 Å². The van der Waals surface area contributed by atoms with Crippen molar-refractivity contribution in [3.8, 4) is 0 Å². The molecule has 0 radical (unpaired) electrons. The third-order valence-corrected chi connectivity index (χ3v) is 13.8. The molecule has 0 bridgehead atoms. The van der Waals surface area contributed by atoms with Crippen LogP contribution >= 0.6 is 0 Å². The molecule has 0 saturated heterocycles. The highest BCUT2D eigenvalue weighted by Gasteiger charge is 2.21. The monoisotopic (exact) mass is 901 g/mol. The summed E-state index contributed by atoms with van der Waals surface area (Å²) in [4.78, 5) is 0. The highest BCUT2D eigenvalue weighted by atomic mass is 35.5. The van der Waals surface area contributed by atoms with Gasteiger partial charge in [-0.3, -0.25) is 0 Å². The van der Waals surface area contributed by atoms with Crippen molar-refractivity contribution in [3.63, 3.8) is 0 Å². The molecule has 0 aliphatic rings. The minimum atomic E-state index is 0. The molecule has 0 aliphatic heterocycles. The zero-order valence-electron chi connectivity index (χ0n) is 45.3. The largest absolute Gasteiger partial charge is 1.00 e. The van der Waals surface area contributed by atoms with E-state index in [0.717, 1.165) is 12.8 Å². The van der Waals surface area contributed by atoms with Gasteiger partial charge in [-0.1, -0.05) is 241 Å². The lowest BCUT2D eigenvalue weighted by atomic mass is 10.1. The van der Waals surface area contributed by atoms with Gasteiger partial charge in [0.15, 0.2) is 0 Å². The van der Waals surface area contributed by atoms with Gasteiger partial charge in [0, 0.05) is 0 Å². The fourth-order valence-corrected chi connectivity index (χ4v) is 9.20. The Morgan fingerprint density at radius 3 is 0.484 bits per heavy atom. The van der Waals surface area contributed by atoms with E-state index >= 15 is 0 Å². The maximum absolute atomic E-state index is 9.96. The van der Waals surface area contributed by atoms with Crippen LogP contribution in [-0.4, -0.2) is 68.9 Å². The first-order valence-corrected chi connectivity index (χ1v) is 29.0. The van der Waals surface area contributed by atoms with Crippen molar-refractivity contribution in [2.24, 2.45) is 0 Å². The first-order chi connectivity index (χ1) is 29.8. The Balaban J connectivity index is -0.000000447. The molecular weight excluding hydrogens is 776 g/mol. The van der Waals surface area contributed by atoms with Crippen LogP contribution in [0.25, 0.3) is 0 Å². The Morgan fingerprint density at radius 2 is 0.339 bits per heavy atom. The molecule has 4 heteroatoms. The van der Waals surface area contributed by atoms with Crippen molar-refractivity contribution in [2.75, 3.05) is 60.0 Å². The van der Waals surface area contributed by atoms with Crippen molar-refractivity contribution >= 4 is 0 Å². The third kappa shape index (κ3) is 58.2.